The number of hydrogen-bond acceptors (Lipinski definition) is 5. The number of H-pyrrole nitrogens is 1. The van der Waals surface area contributed by atoms with Crippen molar-refractivity contribution in [3.8, 4) is 0 Å². The molecule has 7 nitrogen and oxygen atoms in total. The first-order chi connectivity index (χ1) is 12.5. The van der Waals surface area contributed by atoms with Gasteiger partial charge in [-0.3, -0.25) is 14.3 Å². The number of halogens is 1. The molecule has 3 heterocycles. The van der Waals surface area contributed by atoms with Crippen LogP contribution in [-0.4, -0.2) is 22.1 Å². The zero-order valence-corrected chi connectivity index (χ0v) is 14.7. The van der Waals surface area contributed by atoms with Crippen LogP contribution < -0.4 is 16.6 Å². The van der Waals surface area contributed by atoms with Gasteiger partial charge in [-0.1, -0.05) is 30.7 Å². The van der Waals surface area contributed by atoms with Gasteiger partial charge >= 0.3 is 11.7 Å². The highest BCUT2D eigenvalue weighted by molar-refractivity contribution is 6.30. The quantitative estimate of drug-likeness (QED) is 0.802. The summed E-state index contributed by atoms with van der Waals surface area (Å²) in [6.07, 6.45) is 0.715. The summed E-state index contributed by atoms with van der Waals surface area (Å²) in [5.41, 5.74) is 1.04. The van der Waals surface area contributed by atoms with Crippen molar-refractivity contribution < 1.29 is 9.53 Å². The predicted octanol–water partition coefficient (Wildman–Crippen LogP) is 1.97. The van der Waals surface area contributed by atoms with E-state index in [1.165, 1.54) is 4.57 Å². The van der Waals surface area contributed by atoms with Crippen LogP contribution in [0.5, 0.6) is 0 Å². The van der Waals surface area contributed by atoms with Crippen LogP contribution in [0.1, 0.15) is 30.4 Å². The van der Waals surface area contributed by atoms with Gasteiger partial charge in [0.05, 0.1) is 22.8 Å². The summed E-state index contributed by atoms with van der Waals surface area (Å²) < 4.78 is 6.67. The molecule has 1 atom stereocenters. The smallest absolute Gasteiger partial charge is 0.337 e. The number of carbonyl (C=O) groups excluding carboxylic acids is 1. The maximum atomic E-state index is 12.7. The van der Waals surface area contributed by atoms with E-state index >= 15 is 0 Å². The Morgan fingerprint density at radius 3 is 2.65 bits per heavy atom. The fraction of sp³-hybridized carbons (Fsp3) is 0.278. The van der Waals surface area contributed by atoms with Gasteiger partial charge in [0.15, 0.2) is 0 Å². The number of nitrogens with one attached hydrogen (secondary N) is 2. The van der Waals surface area contributed by atoms with Gasteiger partial charge in [0.25, 0.3) is 5.56 Å². The second-order valence-electron chi connectivity index (χ2n) is 6.25. The fourth-order valence-corrected chi connectivity index (χ4v) is 3.64. The Hall–Kier alpha value is -2.80. The van der Waals surface area contributed by atoms with E-state index in [2.05, 4.69) is 10.3 Å². The molecule has 4 rings (SSSR count). The van der Waals surface area contributed by atoms with Crippen molar-refractivity contribution in [2.75, 3.05) is 11.9 Å². The van der Waals surface area contributed by atoms with Gasteiger partial charge in [0.1, 0.15) is 12.4 Å². The summed E-state index contributed by atoms with van der Waals surface area (Å²) in [5, 5.41) is 3.64. The highest BCUT2D eigenvalue weighted by Gasteiger charge is 2.41. The largest absolute Gasteiger partial charge is 0.456 e. The Morgan fingerprint density at radius 2 is 1.96 bits per heavy atom. The summed E-state index contributed by atoms with van der Waals surface area (Å²) in [7, 11) is 0. The first-order valence-corrected chi connectivity index (χ1v) is 8.68. The van der Waals surface area contributed by atoms with E-state index < -0.39 is 23.1 Å². The number of nitrogens with zero attached hydrogens (tertiary/aromatic N) is 1. The molecule has 2 aliphatic rings. The third-order valence-electron chi connectivity index (χ3n) is 4.63. The number of esters is 1. The van der Waals surface area contributed by atoms with Crippen molar-refractivity contribution in [2.24, 2.45) is 0 Å². The number of rotatable bonds is 3. The van der Waals surface area contributed by atoms with Crippen LogP contribution in [0.25, 0.3) is 0 Å². The van der Waals surface area contributed by atoms with E-state index in [1.807, 2.05) is 6.92 Å². The summed E-state index contributed by atoms with van der Waals surface area (Å²) >= 11 is 5.98. The molecule has 0 saturated carbocycles. The van der Waals surface area contributed by atoms with E-state index in [-0.39, 0.29) is 6.61 Å². The average molecular weight is 374 g/mol. The maximum Gasteiger partial charge on any atom is 0.337 e. The van der Waals surface area contributed by atoms with E-state index in [4.69, 9.17) is 16.3 Å². The van der Waals surface area contributed by atoms with Gasteiger partial charge in [-0.05, 0) is 24.1 Å². The minimum absolute atomic E-state index is 0.0881. The van der Waals surface area contributed by atoms with Crippen LogP contribution in [0, 0.1) is 0 Å². The van der Waals surface area contributed by atoms with Gasteiger partial charge in [-0.25, -0.2) is 9.59 Å². The van der Waals surface area contributed by atoms with Crippen LogP contribution in [0.15, 0.2) is 45.1 Å². The van der Waals surface area contributed by atoms with Crippen LogP contribution >= 0.6 is 11.6 Å². The van der Waals surface area contributed by atoms with Crippen LogP contribution in [0.2, 0.25) is 5.02 Å². The lowest BCUT2D eigenvalue weighted by molar-refractivity contribution is -0.136. The maximum absolute atomic E-state index is 12.7. The van der Waals surface area contributed by atoms with E-state index in [0.29, 0.717) is 40.6 Å². The molecule has 2 aromatic rings. The van der Waals surface area contributed by atoms with Crippen molar-refractivity contribution >= 4 is 23.4 Å². The Morgan fingerprint density at radius 1 is 1.23 bits per heavy atom. The minimum atomic E-state index is -0.624. The lowest BCUT2D eigenvalue weighted by Crippen LogP contribution is -2.38. The molecule has 0 saturated heterocycles. The van der Waals surface area contributed by atoms with E-state index in [9.17, 15) is 14.4 Å². The molecule has 2 aliphatic heterocycles. The molecular weight excluding hydrogens is 358 g/mol. The van der Waals surface area contributed by atoms with E-state index in [1.54, 1.807) is 24.3 Å². The molecule has 0 amide bonds. The Kier molecular flexibility index (Phi) is 3.96. The lowest BCUT2D eigenvalue weighted by atomic mass is 9.83. The van der Waals surface area contributed by atoms with Crippen molar-refractivity contribution in [1.82, 2.24) is 9.55 Å². The zero-order chi connectivity index (χ0) is 18.4. The highest BCUT2D eigenvalue weighted by Crippen LogP contribution is 2.42. The van der Waals surface area contributed by atoms with Gasteiger partial charge in [-0.15, -0.1) is 0 Å². The summed E-state index contributed by atoms with van der Waals surface area (Å²) in [6, 6.07) is 6.95. The van der Waals surface area contributed by atoms with Gasteiger partial charge in [0, 0.05) is 11.6 Å². The van der Waals surface area contributed by atoms with Gasteiger partial charge in [-0.2, -0.15) is 0 Å². The molecule has 0 bridgehead atoms. The molecule has 1 aromatic heterocycles. The zero-order valence-electron chi connectivity index (χ0n) is 14.0. The number of hydrogen-bond donors (Lipinski definition) is 2. The van der Waals surface area contributed by atoms with Crippen molar-refractivity contribution in [3.63, 3.8) is 0 Å². The first-order valence-electron chi connectivity index (χ1n) is 8.31. The number of aromatic nitrogens is 2. The van der Waals surface area contributed by atoms with Crippen molar-refractivity contribution in [3.05, 3.63) is 72.5 Å². The van der Waals surface area contributed by atoms with E-state index in [0.717, 1.165) is 5.56 Å². The second kappa shape index (κ2) is 6.17. The molecule has 0 radical (unpaired) electrons. The SMILES string of the molecule is CCCn1c2c(c(=O)[nH]c1=O)C(c1ccc(Cl)cc1)C1=C(COC1=O)N2. The number of anilines is 1. The minimum Gasteiger partial charge on any atom is -0.456 e. The van der Waals surface area contributed by atoms with Crippen LogP contribution in [0.3, 0.4) is 0 Å². The molecule has 0 aliphatic carbocycles. The molecule has 0 spiro atoms. The first kappa shape index (κ1) is 16.7. The highest BCUT2D eigenvalue weighted by atomic mass is 35.5. The molecule has 2 N–H and O–H groups in total. The number of cyclic esters (lactones) is 1. The molecule has 26 heavy (non-hydrogen) atoms. The Balaban J connectivity index is 2.02. The Bertz CT molecular complexity index is 1050. The van der Waals surface area contributed by atoms with Crippen LogP contribution in [-0.2, 0) is 16.1 Å². The second-order valence-corrected chi connectivity index (χ2v) is 6.69. The molecule has 0 fully saturated rings. The van der Waals surface area contributed by atoms with Crippen LogP contribution in [0.4, 0.5) is 5.82 Å². The Labute approximate surface area is 153 Å². The predicted molar refractivity (Wildman–Crippen MR) is 96.5 cm³/mol. The average Bonchev–Trinajstić information content (AvgIpc) is 2.98. The number of benzene rings is 1. The number of ether oxygens (including phenoxy) is 1. The number of fused-ring (bicyclic) bond motifs is 1. The normalized spacial score (nSPS) is 18.2. The number of aromatic amines is 1. The molecule has 1 aromatic carbocycles. The number of carbonyl (C=O) groups is 1. The summed E-state index contributed by atoms with van der Waals surface area (Å²) in [4.78, 5) is 39.7. The van der Waals surface area contributed by atoms with Crippen molar-refractivity contribution in [1.29, 1.82) is 0 Å². The van der Waals surface area contributed by atoms with Crippen molar-refractivity contribution in [2.45, 2.75) is 25.8 Å². The lowest BCUT2D eigenvalue weighted by Gasteiger charge is -2.28. The van der Waals surface area contributed by atoms with Gasteiger partial charge in [0.2, 0.25) is 0 Å². The summed E-state index contributed by atoms with van der Waals surface area (Å²) in [6.45, 7) is 2.47. The summed E-state index contributed by atoms with van der Waals surface area (Å²) in [5.74, 6) is -0.677. The molecule has 134 valence electrons. The standard InChI is InChI=1S/C18H16ClN3O4/c1-2-7-22-15-14(16(23)21-18(22)25)12(9-3-5-10(19)6-4-9)13-11(20-15)8-26-17(13)24/h3-6,12,20H,2,7-8H2,1H3,(H,21,23,25). The fourth-order valence-electron chi connectivity index (χ4n) is 3.51. The third kappa shape index (κ3) is 2.47. The molecular formula is C18H16ClN3O4. The molecule has 1 unspecified atom stereocenters. The molecule has 8 heteroatoms. The monoisotopic (exact) mass is 373 g/mol. The third-order valence-corrected chi connectivity index (χ3v) is 4.88. The van der Waals surface area contributed by atoms with Gasteiger partial charge < -0.3 is 10.1 Å². The topological polar surface area (TPSA) is 93.2 Å².